The van der Waals surface area contributed by atoms with E-state index in [0.717, 1.165) is 22.9 Å². The van der Waals surface area contributed by atoms with Crippen molar-refractivity contribution in [1.82, 2.24) is 14.8 Å². The number of fused-ring (bicyclic) bond motifs is 1. The number of nitrogens with one attached hydrogen (secondary N) is 1. The van der Waals surface area contributed by atoms with E-state index in [2.05, 4.69) is 4.98 Å². The van der Waals surface area contributed by atoms with Gasteiger partial charge in [0.05, 0.1) is 6.04 Å². The van der Waals surface area contributed by atoms with Crippen LogP contribution in [0.5, 0.6) is 0 Å². The first-order valence-corrected chi connectivity index (χ1v) is 10.6. The Morgan fingerprint density at radius 2 is 1.87 bits per heavy atom. The number of piperidine rings is 1. The second-order valence-electron chi connectivity index (χ2n) is 8.30. The average molecular weight is 412 g/mol. The molecule has 0 aliphatic carbocycles. The Labute approximate surface area is 175 Å². The number of nitrogens with zero attached hydrogens (tertiary/aromatic N) is 2. The summed E-state index contributed by atoms with van der Waals surface area (Å²) in [7, 11) is 0. The second-order valence-corrected chi connectivity index (χ2v) is 8.30. The third-order valence-corrected chi connectivity index (χ3v) is 6.41. The number of rotatable bonds is 5. The molecule has 2 atom stereocenters. The van der Waals surface area contributed by atoms with Gasteiger partial charge in [0, 0.05) is 42.7 Å². The van der Waals surface area contributed by atoms with E-state index >= 15 is 0 Å². The van der Waals surface area contributed by atoms with Gasteiger partial charge >= 0.3 is 5.97 Å². The Bertz CT molecular complexity index is 948. The molecule has 0 radical (unpaired) electrons. The lowest BCUT2D eigenvalue weighted by atomic mass is 9.94. The Hall–Kier alpha value is -2.87. The number of H-pyrrole nitrogens is 1. The molecule has 160 valence electrons. The summed E-state index contributed by atoms with van der Waals surface area (Å²) in [4.78, 5) is 43.5. The van der Waals surface area contributed by atoms with Gasteiger partial charge in [0.15, 0.2) is 0 Å². The number of hydrogen-bond acceptors (Lipinski definition) is 4. The van der Waals surface area contributed by atoms with Crippen LogP contribution in [-0.4, -0.2) is 69.4 Å². The molecule has 0 unspecified atom stereocenters. The summed E-state index contributed by atoms with van der Waals surface area (Å²) in [6, 6.07) is 6.58. The molecule has 0 spiro atoms. The van der Waals surface area contributed by atoms with Crippen LogP contribution in [0, 0.1) is 5.92 Å². The fourth-order valence-corrected chi connectivity index (χ4v) is 4.73. The molecule has 2 fully saturated rings. The van der Waals surface area contributed by atoms with Gasteiger partial charge in [0.2, 0.25) is 11.8 Å². The molecule has 3 heterocycles. The van der Waals surface area contributed by atoms with Gasteiger partial charge in [-0.05, 0) is 43.7 Å². The minimum Gasteiger partial charge on any atom is -0.480 e. The number of benzene rings is 1. The van der Waals surface area contributed by atoms with Crippen molar-refractivity contribution in [2.45, 2.75) is 44.2 Å². The molecule has 2 amide bonds. The number of carboxylic acid groups (broad SMARTS) is 1. The first-order chi connectivity index (χ1) is 14.5. The van der Waals surface area contributed by atoms with E-state index in [0.29, 0.717) is 45.3 Å². The lowest BCUT2D eigenvalue weighted by Gasteiger charge is -2.35. The van der Waals surface area contributed by atoms with Gasteiger partial charge in [-0.2, -0.15) is 0 Å². The summed E-state index contributed by atoms with van der Waals surface area (Å²) >= 11 is 0. The van der Waals surface area contributed by atoms with E-state index in [-0.39, 0.29) is 17.7 Å². The Balaban J connectivity index is 1.32. The number of aliphatic carboxylic acids is 1. The number of carbonyl (C=O) groups excluding carboxylic acids is 2. The normalized spacial score (nSPS) is 21.2. The van der Waals surface area contributed by atoms with Crippen LogP contribution >= 0.6 is 0 Å². The molecule has 1 aromatic carbocycles. The number of nitrogens with two attached hydrogens (primary N) is 1. The highest BCUT2D eigenvalue weighted by Gasteiger charge is 2.38. The van der Waals surface area contributed by atoms with Gasteiger partial charge in [-0.1, -0.05) is 18.2 Å². The van der Waals surface area contributed by atoms with Crippen LogP contribution in [0.15, 0.2) is 30.5 Å². The summed E-state index contributed by atoms with van der Waals surface area (Å²) in [5, 5.41) is 10.4. The summed E-state index contributed by atoms with van der Waals surface area (Å²) in [6.45, 7) is 1.45. The third kappa shape index (κ3) is 3.92. The molecule has 4 rings (SSSR count). The number of carbonyl (C=O) groups is 3. The maximum absolute atomic E-state index is 12.9. The molecule has 2 aliphatic heterocycles. The highest BCUT2D eigenvalue weighted by Crippen LogP contribution is 2.26. The summed E-state index contributed by atoms with van der Waals surface area (Å²) < 4.78 is 0. The average Bonchev–Trinajstić information content (AvgIpc) is 3.41. The Morgan fingerprint density at radius 1 is 1.13 bits per heavy atom. The van der Waals surface area contributed by atoms with Crippen molar-refractivity contribution in [3.05, 3.63) is 36.0 Å². The molecule has 2 aromatic rings. The monoisotopic (exact) mass is 412 g/mol. The second kappa shape index (κ2) is 8.47. The SMILES string of the molecule is N[C@@H](Cc1c[nH]c2ccccc12)C(=O)N1CCC(C(=O)N2CCC[C@H]2C(=O)O)CC1. The smallest absolute Gasteiger partial charge is 0.326 e. The van der Waals surface area contributed by atoms with E-state index in [4.69, 9.17) is 5.73 Å². The Kier molecular flexibility index (Phi) is 5.76. The quantitative estimate of drug-likeness (QED) is 0.685. The molecular formula is C22H28N4O4. The van der Waals surface area contributed by atoms with Gasteiger partial charge in [-0.25, -0.2) is 4.79 Å². The van der Waals surface area contributed by atoms with Gasteiger partial charge in [-0.3, -0.25) is 9.59 Å². The van der Waals surface area contributed by atoms with Crippen LogP contribution in [-0.2, 0) is 20.8 Å². The number of amides is 2. The van der Waals surface area contributed by atoms with Crippen LogP contribution in [0.2, 0.25) is 0 Å². The number of aromatic amines is 1. The number of hydrogen-bond donors (Lipinski definition) is 3. The van der Waals surface area contributed by atoms with Crippen molar-refractivity contribution >= 4 is 28.7 Å². The Morgan fingerprint density at radius 3 is 2.60 bits per heavy atom. The van der Waals surface area contributed by atoms with Gasteiger partial charge in [-0.15, -0.1) is 0 Å². The lowest BCUT2D eigenvalue weighted by Crippen LogP contribution is -2.51. The highest BCUT2D eigenvalue weighted by atomic mass is 16.4. The molecule has 2 saturated heterocycles. The molecule has 0 saturated carbocycles. The molecule has 30 heavy (non-hydrogen) atoms. The highest BCUT2D eigenvalue weighted by molar-refractivity contribution is 5.87. The maximum atomic E-state index is 12.9. The zero-order valence-corrected chi connectivity index (χ0v) is 16.9. The van der Waals surface area contributed by atoms with Crippen molar-refractivity contribution in [2.24, 2.45) is 11.7 Å². The fourth-order valence-electron chi connectivity index (χ4n) is 4.73. The van der Waals surface area contributed by atoms with E-state index in [9.17, 15) is 19.5 Å². The van der Waals surface area contributed by atoms with Crippen LogP contribution < -0.4 is 5.73 Å². The topological polar surface area (TPSA) is 120 Å². The van der Waals surface area contributed by atoms with Crippen molar-refractivity contribution in [1.29, 1.82) is 0 Å². The molecule has 0 bridgehead atoms. The van der Waals surface area contributed by atoms with Crippen molar-refractivity contribution in [3.8, 4) is 0 Å². The van der Waals surface area contributed by atoms with Crippen molar-refractivity contribution in [3.63, 3.8) is 0 Å². The summed E-state index contributed by atoms with van der Waals surface area (Å²) in [5.74, 6) is -1.35. The van der Waals surface area contributed by atoms with Crippen LogP contribution in [0.25, 0.3) is 10.9 Å². The van der Waals surface area contributed by atoms with Gasteiger partial charge in [0.1, 0.15) is 6.04 Å². The van der Waals surface area contributed by atoms with E-state index in [1.54, 1.807) is 4.90 Å². The number of aromatic nitrogens is 1. The standard InChI is InChI=1S/C22H28N4O4/c23-17(12-15-13-24-18-5-2-1-4-16(15)18)21(28)25-10-7-14(8-11-25)20(27)26-9-3-6-19(26)22(29)30/h1-2,4-5,13-14,17,19,24H,3,6-12,23H2,(H,29,30)/t17-,19-/m0/s1. The molecule has 2 aliphatic rings. The first kappa shape index (κ1) is 20.4. The number of likely N-dealkylation sites (tertiary alicyclic amines) is 2. The van der Waals surface area contributed by atoms with Gasteiger partial charge < -0.3 is 25.6 Å². The predicted octanol–water partition coefficient (Wildman–Crippen LogP) is 1.35. The predicted molar refractivity (Wildman–Crippen MR) is 112 cm³/mol. The number of carboxylic acids is 1. The minimum absolute atomic E-state index is 0.0879. The molecule has 8 heteroatoms. The van der Waals surface area contributed by atoms with Crippen LogP contribution in [0.3, 0.4) is 0 Å². The van der Waals surface area contributed by atoms with Crippen LogP contribution in [0.4, 0.5) is 0 Å². The first-order valence-electron chi connectivity index (χ1n) is 10.6. The summed E-state index contributed by atoms with van der Waals surface area (Å²) in [5.41, 5.74) is 8.27. The summed E-state index contributed by atoms with van der Waals surface area (Å²) in [6.07, 6.45) is 4.69. The molecule has 1 aromatic heterocycles. The number of para-hydroxylation sites is 1. The fraction of sp³-hybridized carbons (Fsp3) is 0.500. The molecule has 4 N–H and O–H groups in total. The van der Waals surface area contributed by atoms with Gasteiger partial charge in [0.25, 0.3) is 0 Å². The largest absolute Gasteiger partial charge is 0.480 e. The zero-order chi connectivity index (χ0) is 21.3. The van der Waals surface area contributed by atoms with Crippen molar-refractivity contribution < 1.29 is 19.5 Å². The van der Waals surface area contributed by atoms with Crippen LogP contribution in [0.1, 0.15) is 31.2 Å². The zero-order valence-electron chi connectivity index (χ0n) is 16.9. The van der Waals surface area contributed by atoms with Crippen molar-refractivity contribution in [2.75, 3.05) is 19.6 Å². The maximum Gasteiger partial charge on any atom is 0.326 e. The molecule has 8 nitrogen and oxygen atoms in total. The minimum atomic E-state index is -0.934. The third-order valence-electron chi connectivity index (χ3n) is 6.41. The lowest BCUT2D eigenvalue weighted by molar-refractivity contribution is -0.151. The van der Waals surface area contributed by atoms with E-state index in [1.807, 2.05) is 30.5 Å². The molecular weight excluding hydrogens is 384 g/mol. The van der Waals surface area contributed by atoms with E-state index in [1.165, 1.54) is 4.90 Å². The van der Waals surface area contributed by atoms with E-state index < -0.39 is 18.1 Å².